The van der Waals surface area contributed by atoms with E-state index < -0.39 is 217 Å². The third-order valence-corrected chi connectivity index (χ3v) is 19.8. The lowest BCUT2D eigenvalue weighted by atomic mass is 9.98. The van der Waals surface area contributed by atoms with Gasteiger partial charge in [-0.2, -0.15) is 0 Å². The number of aliphatic hydroxyl groups is 6. The molecule has 18 atom stereocenters. The number of nitrogens with one attached hydrogen (secondary N) is 12. The van der Waals surface area contributed by atoms with E-state index in [-0.39, 0.29) is 90.8 Å². The van der Waals surface area contributed by atoms with Gasteiger partial charge in [-0.15, -0.1) is 23.5 Å². The molecule has 0 aromatic rings. The van der Waals surface area contributed by atoms with E-state index in [2.05, 4.69) is 63.8 Å². The molecule has 0 aromatic carbocycles. The highest BCUT2D eigenvalue weighted by molar-refractivity contribution is 8.00. The minimum atomic E-state index is -1.44. The highest BCUT2D eigenvalue weighted by Gasteiger charge is 2.47. The first kappa shape index (κ1) is 85.2. The largest absolute Gasteiger partial charge is 0.450 e. The summed E-state index contributed by atoms with van der Waals surface area (Å²) in [5, 5.41) is 91.3. The Balaban J connectivity index is 1.17. The average molecular weight is 1490 g/mol. The topological polar surface area (TPSA) is 548 Å². The van der Waals surface area contributed by atoms with Gasteiger partial charge in [0.15, 0.2) is 0 Å². The van der Waals surface area contributed by atoms with Crippen LogP contribution in [0.15, 0.2) is 0 Å². The van der Waals surface area contributed by atoms with Crippen molar-refractivity contribution in [3.05, 3.63) is 0 Å². The molecule has 0 radical (unpaired) electrons. The number of carbonyl (C=O) groups excluding carboxylic acids is 14. The minimum Gasteiger partial charge on any atom is -0.450 e. The van der Waals surface area contributed by atoms with Gasteiger partial charge >= 0.3 is 12.2 Å². The molecular weight excluding hydrogens is 1390 g/mol. The number of ether oxygens (including phenoxy) is 4. The SMILES string of the molecule is CC(=O)N[C@@H]1[C@@H](O)[C@H](O)[C@@H](CO)O[C@H]1SCCCOC(=O)NCCCC[C@@H]1NC(=O)[C@H](C)NC(=O)[C@H](C)NC(=O)CNC(=O)[C@@H]2CCCN2C(=O)[C@H](CCCCNC(=O)OCCCS[C@@H]2O[C@H](CO)[C@@H](O)[C@H](O)[C@H]2NC(C)=O)NC(=O)[C@H](C)NC(=O)[C@H](C)NC(=O)CNC(=O)[C@@H]2CCCN2C1=O. The molecule has 0 saturated carbocycles. The van der Waals surface area contributed by atoms with Crippen LogP contribution in [-0.4, -0.2) is 309 Å². The maximum Gasteiger partial charge on any atom is 0.407 e. The van der Waals surface area contributed by atoms with Crippen molar-refractivity contribution in [1.29, 1.82) is 0 Å². The molecule has 0 spiro atoms. The van der Waals surface area contributed by atoms with Crippen molar-refractivity contribution in [2.45, 2.75) is 227 Å². The Bertz CT molecular complexity index is 2710. The van der Waals surface area contributed by atoms with Crippen molar-refractivity contribution < 1.29 is 117 Å². The molecular formula is C62H102N14O24S2. The molecule has 5 heterocycles. The zero-order chi connectivity index (χ0) is 75.3. The van der Waals surface area contributed by atoms with Crippen molar-refractivity contribution in [1.82, 2.24) is 73.6 Å². The molecule has 5 rings (SSSR count). The van der Waals surface area contributed by atoms with E-state index in [0.29, 0.717) is 37.2 Å². The molecule has 0 aromatic heterocycles. The second-order valence-electron chi connectivity index (χ2n) is 25.4. The Morgan fingerprint density at radius 1 is 0.490 bits per heavy atom. The normalized spacial score (nSPS) is 30.8. The molecule has 5 fully saturated rings. The van der Waals surface area contributed by atoms with E-state index in [0.717, 1.165) is 0 Å². The predicted molar refractivity (Wildman–Crippen MR) is 361 cm³/mol. The van der Waals surface area contributed by atoms with Gasteiger partial charge in [-0.05, 0) is 116 Å². The van der Waals surface area contributed by atoms with Crippen molar-refractivity contribution in [3.8, 4) is 0 Å². The van der Waals surface area contributed by atoms with Crippen LogP contribution in [-0.2, 0) is 76.5 Å². The summed E-state index contributed by atoms with van der Waals surface area (Å²) in [7, 11) is 0. The van der Waals surface area contributed by atoms with Gasteiger partial charge in [-0.3, -0.25) is 57.5 Å². The fourth-order valence-corrected chi connectivity index (χ4v) is 14.1. The smallest absolute Gasteiger partial charge is 0.407 e. The van der Waals surface area contributed by atoms with Gasteiger partial charge in [0.05, 0.1) is 51.6 Å². The lowest BCUT2D eigenvalue weighted by Gasteiger charge is -2.42. The van der Waals surface area contributed by atoms with Crippen LogP contribution < -0.4 is 63.8 Å². The van der Waals surface area contributed by atoms with Crippen LogP contribution in [0, 0.1) is 0 Å². The van der Waals surface area contributed by atoms with Crippen LogP contribution >= 0.6 is 23.5 Å². The molecule has 102 heavy (non-hydrogen) atoms. The summed E-state index contributed by atoms with van der Waals surface area (Å²) in [6.45, 7) is 5.43. The number of thioether (sulfide) groups is 2. The van der Waals surface area contributed by atoms with E-state index >= 15 is 0 Å². The van der Waals surface area contributed by atoms with E-state index in [1.165, 1.54) is 74.9 Å². The van der Waals surface area contributed by atoms with E-state index in [1.54, 1.807) is 0 Å². The number of alkyl carbamates (subject to hydrolysis) is 2. The van der Waals surface area contributed by atoms with Crippen molar-refractivity contribution in [2.24, 2.45) is 0 Å². The maximum atomic E-state index is 14.4. The van der Waals surface area contributed by atoms with Gasteiger partial charge < -0.3 is 123 Å². The van der Waals surface area contributed by atoms with Crippen molar-refractivity contribution in [2.75, 3.05) is 77.2 Å². The summed E-state index contributed by atoms with van der Waals surface area (Å²) in [5.74, 6) is -8.10. The molecule has 5 aliphatic heterocycles. The second-order valence-corrected chi connectivity index (χ2v) is 27.8. The molecule has 0 unspecified atom stereocenters. The van der Waals surface area contributed by atoms with Gasteiger partial charge in [0.25, 0.3) is 0 Å². The summed E-state index contributed by atoms with van der Waals surface area (Å²) in [4.78, 5) is 189. The third-order valence-electron chi connectivity index (χ3n) is 17.3. The van der Waals surface area contributed by atoms with E-state index in [1.807, 2.05) is 0 Å². The molecule has 18 N–H and O–H groups in total. The van der Waals surface area contributed by atoms with Crippen LogP contribution in [0.25, 0.3) is 0 Å². The molecule has 5 aliphatic rings. The summed E-state index contributed by atoms with van der Waals surface area (Å²) < 4.78 is 22.0. The zero-order valence-corrected chi connectivity index (χ0v) is 59.7. The fourth-order valence-electron chi connectivity index (χ4n) is 11.7. The Kier molecular flexibility index (Phi) is 35.9. The number of rotatable bonds is 24. The molecule has 0 bridgehead atoms. The third kappa shape index (κ3) is 26.7. The van der Waals surface area contributed by atoms with Crippen molar-refractivity contribution in [3.63, 3.8) is 0 Å². The zero-order valence-electron chi connectivity index (χ0n) is 58.1. The molecule has 14 amide bonds. The Hall–Kier alpha value is -7.44. The van der Waals surface area contributed by atoms with E-state index in [4.69, 9.17) is 18.9 Å². The first-order valence-corrected chi connectivity index (χ1v) is 36.4. The lowest BCUT2D eigenvalue weighted by molar-refractivity contribution is -0.173. The van der Waals surface area contributed by atoms with Crippen LogP contribution in [0.4, 0.5) is 9.59 Å². The lowest BCUT2D eigenvalue weighted by Crippen LogP contribution is -2.63. The van der Waals surface area contributed by atoms with Crippen molar-refractivity contribution >= 4 is 107 Å². The maximum absolute atomic E-state index is 14.4. The van der Waals surface area contributed by atoms with E-state index in [9.17, 15) is 97.8 Å². The van der Waals surface area contributed by atoms with Crippen LogP contribution in [0.5, 0.6) is 0 Å². The average Bonchev–Trinajstić information content (AvgIpc) is 1.38. The second kappa shape index (κ2) is 43.0. The Labute approximate surface area is 598 Å². The Morgan fingerprint density at radius 2 is 0.843 bits per heavy atom. The standard InChI is InChI=1S/C62H102N14O24S2/c1-31-51(87)69-33(3)53(89)73-37(15-7-9-19-63-61(95)97-23-13-25-101-59-45(71-35(5)79)49(85)47(83)41(29-77)99-59)57(93)76-22-12-18-40(76)56(92)66-28-44(82)68-32(2)52(88)70-34(4)54(90)74-38(58(94)75-21-11-17-39(75)55(91)65-27-43(81)67-31)16-8-10-20-64-62(96)98-24-14-26-102-60-46(72-36(6)80)50(86)48(84)42(30-78)100-60/h31-34,37-42,45-50,59-60,77-78,83-86H,7-30H2,1-6H3,(H,63,95)(H,64,96)(H,65,91)(H,66,92)(H,67,81)(H,68,82)(H,69,87)(H,70,88)(H,71,79)(H,72,80)(H,73,89)(H,74,90)/t31-,32-,33-,34-,37-,38-,39-,40-,41+,42+,45+,46+,47+,48+,49+,50+,59-,60-/m0/s1. The Morgan fingerprint density at radius 3 is 1.20 bits per heavy atom. The van der Waals surface area contributed by atoms with Gasteiger partial charge in [-0.25, -0.2) is 9.59 Å². The number of unbranched alkanes of at least 4 members (excludes halogenated alkanes) is 2. The molecule has 5 saturated heterocycles. The van der Waals surface area contributed by atoms with Gasteiger partial charge in [0, 0.05) is 40.0 Å². The number of fused-ring (bicyclic) bond motifs is 2. The monoisotopic (exact) mass is 1490 g/mol. The number of hydrogen-bond donors (Lipinski definition) is 18. The number of hydrogen-bond acceptors (Lipinski definition) is 26. The fraction of sp³-hybridized carbons (Fsp3) is 0.774. The first-order chi connectivity index (χ1) is 48.5. The van der Waals surface area contributed by atoms with Gasteiger partial charge in [-0.1, -0.05) is 0 Å². The number of amides is 14. The molecule has 40 heteroatoms. The van der Waals surface area contributed by atoms with Crippen LogP contribution in [0.2, 0.25) is 0 Å². The minimum absolute atomic E-state index is 0.0328. The quantitative estimate of drug-likeness (QED) is 0.0399. The first-order valence-electron chi connectivity index (χ1n) is 34.3. The molecule has 576 valence electrons. The highest BCUT2D eigenvalue weighted by Crippen LogP contribution is 2.31. The number of aliphatic hydroxyl groups excluding tert-OH is 6. The summed E-state index contributed by atoms with van der Waals surface area (Å²) in [5.41, 5.74) is -1.67. The van der Waals surface area contributed by atoms with Crippen LogP contribution in [0.3, 0.4) is 0 Å². The predicted octanol–water partition coefficient (Wildman–Crippen LogP) is -6.87. The number of carbonyl (C=O) groups is 14. The van der Waals surface area contributed by atoms with Crippen LogP contribution in [0.1, 0.15) is 119 Å². The summed E-state index contributed by atoms with van der Waals surface area (Å²) >= 11 is 2.34. The van der Waals surface area contributed by atoms with Gasteiger partial charge in [0.2, 0.25) is 70.9 Å². The highest BCUT2D eigenvalue weighted by atomic mass is 32.2. The summed E-state index contributed by atoms with van der Waals surface area (Å²) in [6.07, 6.45) is -6.95. The van der Waals surface area contributed by atoms with Gasteiger partial charge in [0.1, 0.15) is 95.8 Å². The number of nitrogens with zero attached hydrogens (tertiary/aromatic N) is 2. The summed E-state index contributed by atoms with van der Waals surface area (Å²) in [6, 6.07) is -12.0. The molecule has 0 aliphatic carbocycles. The molecule has 38 nitrogen and oxygen atoms in total.